The molecule has 0 aliphatic rings. The van der Waals surface area contributed by atoms with Crippen LogP contribution in [-0.2, 0) is 11.3 Å². The summed E-state index contributed by atoms with van der Waals surface area (Å²) in [7, 11) is 1.36. The molecule has 1 heterocycles. The molecule has 0 bridgehead atoms. The summed E-state index contributed by atoms with van der Waals surface area (Å²) < 4.78 is 10.6. The number of rotatable bonds is 5. The second-order valence-electron chi connectivity index (χ2n) is 6.21. The minimum atomic E-state index is -0.377. The molecule has 0 radical (unpaired) electrons. The van der Waals surface area contributed by atoms with Crippen molar-refractivity contribution in [2.75, 3.05) is 7.11 Å². The van der Waals surface area contributed by atoms with Gasteiger partial charge in [0.15, 0.2) is 0 Å². The number of esters is 1. The van der Waals surface area contributed by atoms with Crippen molar-refractivity contribution in [3.05, 3.63) is 82.9 Å². The quantitative estimate of drug-likeness (QED) is 0.471. The first-order chi connectivity index (χ1) is 13.6. The molecule has 0 unspecified atom stereocenters. The van der Waals surface area contributed by atoms with Gasteiger partial charge in [-0.1, -0.05) is 29.8 Å². The fraction of sp³-hybridized carbons (Fsp3) is 0.0909. The van der Waals surface area contributed by atoms with Crippen molar-refractivity contribution >= 4 is 28.6 Å². The molecule has 6 heteroatoms. The van der Waals surface area contributed by atoms with Gasteiger partial charge < -0.3 is 14.5 Å². The van der Waals surface area contributed by atoms with E-state index in [9.17, 15) is 4.79 Å². The molecule has 0 amide bonds. The minimum absolute atomic E-state index is 0.377. The molecule has 4 rings (SSSR count). The number of hydrogen-bond acceptors (Lipinski definition) is 4. The Hall–Kier alpha value is -3.31. The van der Waals surface area contributed by atoms with Gasteiger partial charge in [0.2, 0.25) is 0 Å². The number of nitrogens with zero attached hydrogens (tertiary/aromatic N) is 1. The largest absolute Gasteiger partial charge is 0.489 e. The molecule has 3 aromatic carbocycles. The highest BCUT2D eigenvalue weighted by molar-refractivity contribution is 6.31. The number of carbonyl (C=O) groups excluding carboxylic acids is 1. The van der Waals surface area contributed by atoms with Crippen LogP contribution < -0.4 is 4.74 Å². The zero-order valence-electron chi connectivity index (χ0n) is 15.1. The van der Waals surface area contributed by atoms with Crippen LogP contribution >= 0.6 is 11.6 Å². The molecule has 0 saturated heterocycles. The van der Waals surface area contributed by atoms with E-state index in [-0.39, 0.29) is 5.97 Å². The Balaban J connectivity index is 1.52. The van der Waals surface area contributed by atoms with E-state index < -0.39 is 0 Å². The average Bonchev–Trinajstić information content (AvgIpc) is 3.16. The van der Waals surface area contributed by atoms with Gasteiger partial charge in [-0.05, 0) is 48.5 Å². The van der Waals surface area contributed by atoms with E-state index in [0.717, 1.165) is 33.7 Å². The summed E-state index contributed by atoms with van der Waals surface area (Å²) in [5, 5.41) is 0.688. The number of aromatic nitrogens is 2. The number of hydrogen-bond donors (Lipinski definition) is 1. The van der Waals surface area contributed by atoms with Crippen LogP contribution in [0.25, 0.3) is 22.4 Å². The second-order valence-corrected chi connectivity index (χ2v) is 6.62. The number of imidazole rings is 1. The highest BCUT2D eigenvalue weighted by atomic mass is 35.5. The van der Waals surface area contributed by atoms with Gasteiger partial charge in [0.05, 0.1) is 23.7 Å². The van der Waals surface area contributed by atoms with E-state index in [2.05, 4.69) is 9.97 Å². The average molecular weight is 393 g/mol. The highest BCUT2D eigenvalue weighted by Gasteiger charge is 2.10. The molecule has 1 N–H and O–H groups in total. The molecule has 0 fully saturated rings. The molecular formula is C22H17ClN2O3. The van der Waals surface area contributed by atoms with Gasteiger partial charge in [0, 0.05) is 16.1 Å². The fourth-order valence-corrected chi connectivity index (χ4v) is 3.07. The summed E-state index contributed by atoms with van der Waals surface area (Å²) in [6.07, 6.45) is 0. The van der Waals surface area contributed by atoms with Crippen LogP contribution in [-0.4, -0.2) is 23.0 Å². The highest BCUT2D eigenvalue weighted by Crippen LogP contribution is 2.25. The number of aromatic amines is 1. The number of methoxy groups -OCH3 is 1. The lowest BCUT2D eigenvalue weighted by atomic mass is 10.2. The normalized spacial score (nSPS) is 10.8. The first kappa shape index (κ1) is 18.1. The maximum absolute atomic E-state index is 11.7. The van der Waals surface area contributed by atoms with Crippen molar-refractivity contribution in [1.29, 1.82) is 0 Å². The Morgan fingerprint density at radius 3 is 2.61 bits per heavy atom. The Morgan fingerprint density at radius 1 is 1.07 bits per heavy atom. The van der Waals surface area contributed by atoms with Gasteiger partial charge in [0.1, 0.15) is 18.2 Å². The van der Waals surface area contributed by atoms with Crippen molar-refractivity contribution in [3.63, 3.8) is 0 Å². The number of fused-ring (bicyclic) bond motifs is 1. The molecule has 4 aromatic rings. The van der Waals surface area contributed by atoms with Gasteiger partial charge in [-0.15, -0.1) is 0 Å². The minimum Gasteiger partial charge on any atom is -0.489 e. The molecular weight excluding hydrogens is 376 g/mol. The van der Waals surface area contributed by atoms with Gasteiger partial charge in [0.25, 0.3) is 0 Å². The number of ether oxygens (including phenoxy) is 2. The van der Waals surface area contributed by atoms with Crippen molar-refractivity contribution in [3.8, 4) is 17.1 Å². The Bertz CT molecular complexity index is 1140. The van der Waals surface area contributed by atoms with Gasteiger partial charge in [-0.3, -0.25) is 0 Å². The van der Waals surface area contributed by atoms with E-state index in [1.54, 1.807) is 18.2 Å². The van der Waals surface area contributed by atoms with Crippen molar-refractivity contribution in [2.45, 2.75) is 6.61 Å². The van der Waals surface area contributed by atoms with Crippen molar-refractivity contribution in [1.82, 2.24) is 9.97 Å². The van der Waals surface area contributed by atoms with Crippen molar-refractivity contribution < 1.29 is 14.3 Å². The van der Waals surface area contributed by atoms with Crippen LogP contribution in [0.3, 0.4) is 0 Å². The topological polar surface area (TPSA) is 64.2 Å². The van der Waals surface area contributed by atoms with E-state index in [0.29, 0.717) is 17.2 Å². The number of nitrogens with one attached hydrogen (secondary N) is 1. The van der Waals surface area contributed by atoms with E-state index in [1.165, 1.54) is 7.11 Å². The smallest absolute Gasteiger partial charge is 0.337 e. The lowest BCUT2D eigenvalue weighted by Crippen LogP contribution is -2.00. The van der Waals surface area contributed by atoms with Crippen LogP contribution in [0.15, 0.2) is 66.7 Å². The SMILES string of the molecule is COC(=O)c1ccc2nc(-c3ccc(OCc4ccccc4Cl)cc3)[nH]c2c1. The third-order valence-corrected chi connectivity index (χ3v) is 4.75. The van der Waals surface area contributed by atoms with Crippen LogP contribution in [0.2, 0.25) is 5.02 Å². The molecule has 1 aromatic heterocycles. The van der Waals surface area contributed by atoms with Crippen LogP contribution in [0, 0.1) is 0 Å². The summed E-state index contributed by atoms with van der Waals surface area (Å²) in [6.45, 7) is 0.403. The molecule has 0 aliphatic carbocycles. The number of benzene rings is 3. The maximum atomic E-state index is 11.7. The maximum Gasteiger partial charge on any atom is 0.337 e. The molecule has 5 nitrogen and oxygen atoms in total. The molecule has 140 valence electrons. The monoisotopic (exact) mass is 392 g/mol. The third-order valence-electron chi connectivity index (χ3n) is 4.38. The Kier molecular flexibility index (Phi) is 5.00. The number of halogens is 1. The fourth-order valence-electron chi connectivity index (χ4n) is 2.88. The van der Waals surface area contributed by atoms with E-state index in [4.69, 9.17) is 21.1 Å². The first-order valence-corrected chi connectivity index (χ1v) is 9.06. The number of H-pyrrole nitrogens is 1. The van der Waals surface area contributed by atoms with Gasteiger partial charge >= 0.3 is 5.97 Å². The summed E-state index contributed by atoms with van der Waals surface area (Å²) >= 11 is 6.15. The Morgan fingerprint density at radius 2 is 1.86 bits per heavy atom. The predicted octanol–water partition coefficient (Wildman–Crippen LogP) is 5.25. The lowest BCUT2D eigenvalue weighted by molar-refractivity contribution is 0.0601. The molecule has 0 aliphatic heterocycles. The Labute approximate surface area is 166 Å². The predicted molar refractivity (Wildman–Crippen MR) is 109 cm³/mol. The van der Waals surface area contributed by atoms with Gasteiger partial charge in [-0.2, -0.15) is 0 Å². The summed E-state index contributed by atoms with van der Waals surface area (Å²) in [4.78, 5) is 19.5. The molecule has 28 heavy (non-hydrogen) atoms. The molecule has 0 atom stereocenters. The van der Waals surface area contributed by atoms with Crippen molar-refractivity contribution in [2.24, 2.45) is 0 Å². The zero-order valence-corrected chi connectivity index (χ0v) is 15.9. The third kappa shape index (κ3) is 3.70. The van der Waals surface area contributed by atoms with E-state index >= 15 is 0 Å². The summed E-state index contributed by atoms with van der Waals surface area (Å²) in [5.74, 6) is 1.08. The second kappa shape index (κ2) is 7.74. The lowest BCUT2D eigenvalue weighted by Gasteiger charge is -2.08. The zero-order chi connectivity index (χ0) is 19.5. The van der Waals surface area contributed by atoms with Gasteiger partial charge in [-0.25, -0.2) is 9.78 Å². The first-order valence-electron chi connectivity index (χ1n) is 8.69. The van der Waals surface area contributed by atoms with Crippen LogP contribution in [0.1, 0.15) is 15.9 Å². The summed E-state index contributed by atoms with van der Waals surface area (Å²) in [6, 6.07) is 20.5. The van der Waals surface area contributed by atoms with E-state index in [1.807, 2.05) is 48.5 Å². The standard InChI is InChI=1S/C22H17ClN2O3/c1-27-22(26)15-8-11-19-20(12-15)25-21(24-19)14-6-9-17(10-7-14)28-13-16-4-2-3-5-18(16)23/h2-12H,13H2,1H3,(H,24,25). The number of carbonyl (C=O) groups is 1. The molecule has 0 saturated carbocycles. The molecule has 0 spiro atoms. The summed E-state index contributed by atoms with van der Waals surface area (Å²) in [5.41, 5.74) is 3.89. The van der Waals surface area contributed by atoms with Crippen LogP contribution in [0.4, 0.5) is 0 Å². The van der Waals surface area contributed by atoms with Crippen LogP contribution in [0.5, 0.6) is 5.75 Å².